The van der Waals surface area contributed by atoms with Gasteiger partial charge in [-0.3, -0.25) is 0 Å². The van der Waals surface area contributed by atoms with Gasteiger partial charge >= 0.3 is 6.03 Å². The molecule has 4 heteroatoms. The van der Waals surface area contributed by atoms with Crippen molar-refractivity contribution in [3.8, 4) is 0 Å². The Morgan fingerprint density at radius 1 is 1.16 bits per heavy atom. The monoisotopic (exact) mass is 268 g/mol. The van der Waals surface area contributed by atoms with E-state index < -0.39 is 0 Å². The van der Waals surface area contributed by atoms with Crippen molar-refractivity contribution in [3.63, 3.8) is 0 Å². The van der Waals surface area contributed by atoms with Crippen molar-refractivity contribution >= 4 is 6.03 Å². The third kappa shape index (κ3) is 5.01. The largest absolute Gasteiger partial charge is 0.393 e. The number of carbonyl (C=O) groups is 1. The molecule has 2 aliphatic carbocycles. The molecule has 2 amide bonds. The highest BCUT2D eigenvalue weighted by molar-refractivity contribution is 5.74. The van der Waals surface area contributed by atoms with Crippen molar-refractivity contribution in [1.82, 2.24) is 10.6 Å². The molecule has 0 bridgehead atoms. The van der Waals surface area contributed by atoms with Crippen LogP contribution in [0.15, 0.2) is 0 Å². The average Bonchev–Trinajstić information content (AvgIpc) is 2.39. The maximum atomic E-state index is 11.8. The summed E-state index contributed by atoms with van der Waals surface area (Å²) in [6.45, 7) is 2.98. The molecule has 0 aromatic heterocycles. The van der Waals surface area contributed by atoms with Crippen LogP contribution in [0.1, 0.15) is 58.3 Å². The maximum Gasteiger partial charge on any atom is 0.315 e. The van der Waals surface area contributed by atoms with Gasteiger partial charge in [-0.15, -0.1) is 0 Å². The van der Waals surface area contributed by atoms with Crippen molar-refractivity contribution in [3.05, 3.63) is 0 Å². The van der Waals surface area contributed by atoms with Crippen LogP contribution in [0.3, 0.4) is 0 Å². The maximum absolute atomic E-state index is 11.8. The standard InChI is InChI=1S/C15H28N2O2/c1-11-5-7-13(8-6-11)17-15(19)16-10-12-3-2-4-14(18)9-12/h11-14,18H,2-10H2,1H3,(H2,16,17,19). The van der Waals surface area contributed by atoms with Gasteiger partial charge in [-0.25, -0.2) is 4.79 Å². The van der Waals surface area contributed by atoms with E-state index in [2.05, 4.69) is 17.6 Å². The van der Waals surface area contributed by atoms with Crippen molar-refractivity contribution in [2.75, 3.05) is 6.54 Å². The van der Waals surface area contributed by atoms with Crippen molar-refractivity contribution < 1.29 is 9.90 Å². The predicted molar refractivity (Wildman–Crippen MR) is 75.9 cm³/mol. The second-order valence-electron chi connectivity index (χ2n) is 6.50. The van der Waals surface area contributed by atoms with Crippen LogP contribution in [0.4, 0.5) is 4.79 Å². The number of urea groups is 1. The highest BCUT2D eigenvalue weighted by Gasteiger charge is 2.22. The molecule has 2 fully saturated rings. The minimum atomic E-state index is -0.163. The van der Waals surface area contributed by atoms with Crippen LogP contribution in [0.5, 0.6) is 0 Å². The van der Waals surface area contributed by atoms with Crippen LogP contribution >= 0.6 is 0 Å². The lowest BCUT2D eigenvalue weighted by Crippen LogP contribution is -2.45. The minimum absolute atomic E-state index is 0.0281. The molecular weight excluding hydrogens is 240 g/mol. The summed E-state index contributed by atoms with van der Waals surface area (Å²) >= 11 is 0. The van der Waals surface area contributed by atoms with Crippen molar-refractivity contribution in [1.29, 1.82) is 0 Å². The highest BCUT2D eigenvalue weighted by atomic mass is 16.3. The molecule has 0 aromatic rings. The minimum Gasteiger partial charge on any atom is -0.393 e. The molecule has 2 atom stereocenters. The van der Waals surface area contributed by atoms with Gasteiger partial charge in [0, 0.05) is 12.6 Å². The second kappa shape index (κ2) is 7.13. The Balaban J connectivity index is 1.61. The first-order valence-corrected chi connectivity index (χ1v) is 7.86. The predicted octanol–water partition coefficient (Wildman–Crippen LogP) is 2.42. The van der Waals surface area contributed by atoms with E-state index in [4.69, 9.17) is 0 Å². The molecule has 2 aliphatic rings. The van der Waals surface area contributed by atoms with Gasteiger partial charge in [0.2, 0.25) is 0 Å². The number of amides is 2. The van der Waals surface area contributed by atoms with E-state index in [1.165, 1.54) is 12.8 Å². The third-order valence-electron chi connectivity index (χ3n) is 4.66. The van der Waals surface area contributed by atoms with Crippen LogP contribution in [0.25, 0.3) is 0 Å². The summed E-state index contributed by atoms with van der Waals surface area (Å²) in [5, 5.41) is 15.7. The molecule has 0 aliphatic heterocycles. The molecule has 0 saturated heterocycles. The first-order valence-electron chi connectivity index (χ1n) is 7.86. The Morgan fingerprint density at radius 3 is 2.58 bits per heavy atom. The molecule has 0 radical (unpaired) electrons. The summed E-state index contributed by atoms with van der Waals surface area (Å²) in [5.74, 6) is 1.26. The Bertz CT molecular complexity index is 288. The molecule has 2 saturated carbocycles. The summed E-state index contributed by atoms with van der Waals surface area (Å²) in [5.41, 5.74) is 0. The smallest absolute Gasteiger partial charge is 0.315 e. The van der Waals surface area contributed by atoms with Gasteiger partial charge < -0.3 is 15.7 Å². The summed E-state index contributed by atoms with van der Waals surface area (Å²) in [6.07, 6.45) is 8.45. The number of aliphatic hydroxyl groups excluding tert-OH is 1. The lowest BCUT2D eigenvalue weighted by Gasteiger charge is -2.28. The first-order chi connectivity index (χ1) is 9.13. The normalized spacial score (nSPS) is 35.7. The first kappa shape index (κ1) is 14.6. The molecule has 0 spiro atoms. The van der Waals surface area contributed by atoms with Crippen LogP contribution in [-0.2, 0) is 0 Å². The summed E-state index contributed by atoms with van der Waals surface area (Å²) in [4.78, 5) is 11.8. The summed E-state index contributed by atoms with van der Waals surface area (Å²) in [6, 6.07) is 0.327. The molecule has 19 heavy (non-hydrogen) atoms. The van der Waals surface area contributed by atoms with Crippen LogP contribution < -0.4 is 10.6 Å². The fourth-order valence-electron chi connectivity index (χ4n) is 3.33. The SMILES string of the molecule is CC1CCC(NC(=O)NCC2CCCC(O)C2)CC1. The quantitative estimate of drug-likeness (QED) is 0.736. The Labute approximate surface area is 116 Å². The van der Waals surface area contributed by atoms with E-state index in [-0.39, 0.29) is 12.1 Å². The van der Waals surface area contributed by atoms with E-state index in [0.29, 0.717) is 18.5 Å². The molecule has 3 N–H and O–H groups in total. The van der Waals surface area contributed by atoms with E-state index in [1.54, 1.807) is 0 Å². The number of carbonyl (C=O) groups excluding carboxylic acids is 1. The van der Waals surface area contributed by atoms with Crippen LogP contribution in [0.2, 0.25) is 0 Å². The van der Waals surface area contributed by atoms with E-state index >= 15 is 0 Å². The van der Waals surface area contributed by atoms with Crippen LogP contribution in [0, 0.1) is 11.8 Å². The number of hydrogen-bond acceptors (Lipinski definition) is 2. The number of nitrogens with one attached hydrogen (secondary N) is 2. The van der Waals surface area contributed by atoms with Gasteiger partial charge in [-0.2, -0.15) is 0 Å². The summed E-state index contributed by atoms with van der Waals surface area (Å²) in [7, 11) is 0. The second-order valence-corrected chi connectivity index (χ2v) is 6.50. The van der Waals surface area contributed by atoms with Crippen molar-refractivity contribution in [2.45, 2.75) is 70.4 Å². The van der Waals surface area contributed by atoms with Gasteiger partial charge in [0.15, 0.2) is 0 Å². The lowest BCUT2D eigenvalue weighted by atomic mass is 9.87. The molecule has 110 valence electrons. The molecule has 0 heterocycles. The number of rotatable bonds is 3. The Kier molecular flexibility index (Phi) is 5.49. The van der Waals surface area contributed by atoms with Gasteiger partial charge in [0.05, 0.1) is 6.10 Å². The Hall–Kier alpha value is -0.770. The third-order valence-corrected chi connectivity index (χ3v) is 4.66. The molecule has 2 unspecified atom stereocenters. The van der Waals surface area contributed by atoms with Crippen molar-refractivity contribution in [2.24, 2.45) is 11.8 Å². The molecule has 0 aromatic carbocycles. The number of hydrogen-bond donors (Lipinski definition) is 3. The lowest BCUT2D eigenvalue weighted by molar-refractivity contribution is 0.101. The zero-order valence-electron chi connectivity index (χ0n) is 12.0. The topological polar surface area (TPSA) is 61.4 Å². The molecule has 2 rings (SSSR count). The van der Waals surface area contributed by atoms with Gasteiger partial charge in [0.25, 0.3) is 0 Å². The van der Waals surface area contributed by atoms with E-state index in [1.807, 2.05) is 0 Å². The number of aliphatic hydroxyl groups is 1. The Morgan fingerprint density at radius 2 is 1.89 bits per heavy atom. The van der Waals surface area contributed by atoms with Gasteiger partial charge in [-0.05, 0) is 56.8 Å². The molecule has 4 nitrogen and oxygen atoms in total. The van der Waals surface area contributed by atoms with E-state index in [9.17, 15) is 9.90 Å². The van der Waals surface area contributed by atoms with Gasteiger partial charge in [-0.1, -0.05) is 13.3 Å². The van der Waals surface area contributed by atoms with E-state index in [0.717, 1.165) is 44.4 Å². The zero-order valence-corrected chi connectivity index (χ0v) is 12.0. The fourth-order valence-corrected chi connectivity index (χ4v) is 3.33. The van der Waals surface area contributed by atoms with Crippen LogP contribution in [-0.4, -0.2) is 29.8 Å². The fraction of sp³-hybridized carbons (Fsp3) is 0.933. The zero-order chi connectivity index (χ0) is 13.7. The average molecular weight is 268 g/mol. The highest BCUT2D eigenvalue weighted by Crippen LogP contribution is 2.24. The summed E-state index contributed by atoms with van der Waals surface area (Å²) < 4.78 is 0. The van der Waals surface area contributed by atoms with Gasteiger partial charge in [0.1, 0.15) is 0 Å². The molecular formula is C15H28N2O2.